The summed E-state index contributed by atoms with van der Waals surface area (Å²) in [5.74, 6) is 0.771. The Labute approximate surface area is 96.9 Å². The van der Waals surface area contributed by atoms with E-state index < -0.39 is 0 Å². The van der Waals surface area contributed by atoms with E-state index in [1.54, 1.807) is 0 Å². The van der Waals surface area contributed by atoms with Crippen molar-refractivity contribution in [1.82, 2.24) is 4.98 Å². The topological polar surface area (TPSA) is 12.9 Å². The zero-order valence-corrected chi connectivity index (χ0v) is 10.4. The molecule has 15 heavy (non-hydrogen) atoms. The number of hydrogen-bond donors (Lipinski definition) is 0. The van der Waals surface area contributed by atoms with Crippen molar-refractivity contribution >= 4 is 11.6 Å². The number of pyridine rings is 1. The van der Waals surface area contributed by atoms with Gasteiger partial charge in [0.1, 0.15) is 5.15 Å². The molecule has 2 rings (SSSR count). The van der Waals surface area contributed by atoms with E-state index in [4.69, 9.17) is 11.6 Å². The highest BCUT2D eigenvalue weighted by molar-refractivity contribution is 6.29. The van der Waals surface area contributed by atoms with Gasteiger partial charge in [-0.2, -0.15) is 0 Å². The largest absolute Gasteiger partial charge is 0.244 e. The Bertz CT molecular complexity index is 365. The molecule has 2 heteroatoms. The van der Waals surface area contributed by atoms with Crippen molar-refractivity contribution in [2.75, 3.05) is 0 Å². The van der Waals surface area contributed by atoms with Gasteiger partial charge in [0.25, 0.3) is 0 Å². The predicted octanol–water partition coefficient (Wildman–Crippen LogP) is 3.89. The Morgan fingerprint density at radius 3 is 2.73 bits per heavy atom. The summed E-state index contributed by atoms with van der Waals surface area (Å²) < 4.78 is 0. The number of nitrogens with zero attached hydrogens (tertiary/aromatic N) is 1. The summed E-state index contributed by atoms with van der Waals surface area (Å²) in [6.45, 7) is 6.98. The highest BCUT2D eigenvalue weighted by Gasteiger charge is 2.28. The molecule has 0 spiro atoms. The normalized spacial score (nSPS) is 21.2. The lowest BCUT2D eigenvalue weighted by Crippen LogP contribution is -2.26. The standard InChI is InChI=1S/C13H18ClN/c1-13(2,3)11-5-4-9-7-12(14)15-8-10(9)6-11/h7-8,11H,4-6H2,1-3H3. The quantitative estimate of drug-likeness (QED) is 0.609. The van der Waals surface area contributed by atoms with Gasteiger partial charge in [-0.25, -0.2) is 4.98 Å². The third kappa shape index (κ3) is 2.34. The zero-order chi connectivity index (χ0) is 11.1. The van der Waals surface area contributed by atoms with E-state index in [1.807, 2.05) is 12.3 Å². The van der Waals surface area contributed by atoms with E-state index in [0.717, 1.165) is 18.8 Å². The molecule has 0 N–H and O–H groups in total. The van der Waals surface area contributed by atoms with Crippen molar-refractivity contribution in [2.24, 2.45) is 11.3 Å². The summed E-state index contributed by atoms with van der Waals surface area (Å²) in [6.07, 6.45) is 5.54. The lowest BCUT2D eigenvalue weighted by Gasteiger charge is -2.34. The maximum absolute atomic E-state index is 5.89. The van der Waals surface area contributed by atoms with Gasteiger partial charge in [0.15, 0.2) is 0 Å². The average Bonchev–Trinajstić information content (AvgIpc) is 2.15. The first-order valence-corrected chi connectivity index (χ1v) is 5.98. The smallest absolute Gasteiger partial charge is 0.129 e. The highest BCUT2D eigenvalue weighted by atomic mass is 35.5. The van der Waals surface area contributed by atoms with Crippen molar-refractivity contribution < 1.29 is 0 Å². The summed E-state index contributed by atoms with van der Waals surface area (Å²) >= 11 is 5.89. The molecule has 1 heterocycles. The Morgan fingerprint density at radius 2 is 2.07 bits per heavy atom. The molecule has 0 saturated carbocycles. The van der Waals surface area contributed by atoms with Crippen LogP contribution in [0.5, 0.6) is 0 Å². The fraction of sp³-hybridized carbons (Fsp3) is 0.615. The zero-order valence-electron chi connectivity index (χ0n) is 9.68. The molecule has 1 atom stereocenters. The molecule has 0 saturated heterocycles. The second kappa shape index (κ2) is 3.79. The van der Waals surface area contributed by atoms with Gasteiger partial charge in [-0.1, -0.05) is 32.4 Å². The van der Waals surface area contributed by atoms with Crippen LogP contribution in [0.4, 0.5) is 0 Å². The first kappa shape index (κ1) is 10.9. The van der Waals surface area contributed by atoms with Crippen LogP contribution in [0.3, 0.4) is 0 Å². The van der Waals surface area contributed by atoms with E-state index in [2.05, 4.69) is 25.8 Å². The maximum atomic E-state index is 5.89. The Balaban J connectivity index is 2.24. The van der Waals surface area contributed by atoms with Crippen LogP contribution in [-0.4, -0.2) is 4.98 Å². The summed E-state index contributed by atoms with van der Waals surface area (Å²) in [5.41, 5.74) is 3.19. The lowest BCUT2D eigenvalue weighted by molar-refractivity contribution is 0.216. The summed E-state index contributed by atoms with van der Waals surface area (Å²) in [4.78, 5) is 4.17. The second-order valence-electron chi connectivity index (χ2n) is 5.58. The molecular weight excluding hydrogens is 206 g/mol. The van der Waals surface area contributed by atoms with E-state index in [0.29, 0.717) is 10.6 Å². The van der Waals surface area contributed by atoms with Crippen molar-refractivity contribution in [3.63, 3.8) is 0 Å². The maximum Gasteiger partial charge on any atom is 0.129 e. The molecule has 0 aromatic carbocycles. The molecule has 1 aliphatic rings. The number of halogens is 1. The van der Waals surface area contributed by atoms with Crippen molar-refractivity contribution in [2.45, 2.75) is 40.0 Å². The van der Waals surface area contributed by atoms with Gasteiger partial charge in [-0.15, -0.1) is 0 Å². The first-order valence-electron chi connectivity index (χ1n) is 5.60. The van der Waals surface area contributed by atoms with Gasteiger partial charge in [-0.3, -0.25) is 0 Å². The monoisotopic (exact) mass is 223 g/mol. The first-order chi connectivity index (χ1) is 6.97. The Morgan fingerprint density at radius 1 is 1.33 bits per heavy atom. The van der Waals surface area contributed by atoms with E-state index >= 15 is 0 Å². The lowest BCUT2D eigenvalue weighted by atomic mass is 9.71. The van der Waals surface area contributed by atoms with Crippen molar-refractivity contribution in [3.05, 3.63) is 28.5 Å². The van der Waals surface area contributed by atoms with Crippen LogP contribution in [-0.2, 0) is 12.8 Å². The number of aromatic nitrogens is 1. The van der Waals surface area contributed by atoms with Crippen LogP contribution in [0.1, 0.15) is 38.3 Å². The predicted molar refractivity (Wildman–Crippen MR) is 64.2 cm³/mol. The van der Waals surface area contributed by atoms with Crippen LogP contribution < -0.4 is 0 Å². The molecule has 0 bridgehead atoms. The fourth-order valence-electron chi connectivity index (χ4n) is 2.35. The minimum absolute atomic E-state index is 0.400. The second-order valence-corrected chi connectivity index (χ2v) is 5.97. The van der Waals surface area contributed by atoms with Crippen LogP contribution in [0.25, 0.3) is 0 Å². The van der Waals surface area contributed by atoms with E-state index in [-0.39, 0.29) is 0 Å². The van der Waals surface area contributed by atoms with Gasteiger partial charge in [0.05, 0.1) is 0 Å². The number of fused-ring (bicyclic) bond motifs is 1. The summed E-state index contributed by atoms with van der Waals surface area (Å²) in [6, 6.07) is 2.02. The molecule has 1 aromatic heterocycles. The molecular formula is C13H18ClN. The number of aryl methyl sites for hydroxylation is 1. The minimum atomic E-state index is 0.400. The van der Waals surface area contributed by atoms with Gasteiger partial charge >= 0.3 is 0 Å². The highest BCUT2D eigenvalue weighted by Crippen LogP contribution is 2.37. The van der Waals surface area contributed by atoms with E-state index in [1.165, 1.54) is 17.5 Å². The van der Waals surface area contributed by atoms with Gasteiger partial charge < -0.3 is 0 Å². The fourth-order valence-corrected chi connectivity index (χ4v) is 2.53. The number of hydrogen-bond acceptors (Lipinski definition) is 1. The third-order valence-electron chi connectivity index (χ3n) is 3.50. The Kier molecular flexibility index (Phi) is 2.76. The minimum Gasteiger partial charge on any atom is -0.244 e. The van der Waals surface area contributed by atoms with Crippen molar-refractivity contribution in [1.29, 1.82) is 0 Å². The van der Waals surface area contributed by atoms with Gasteiger partial charge in [0.2, 0.25) is 0 Å². The van der Waals surface area contributed by atoms with E-state index in [9.17, 15) is 0 Å². The molecule has 82 valence electrons. The molecule has 1 aromatic rings. The molecule has 0 aliphatic heterocycles. The molecule has 0 amide bonds. The van der Waals surface area contributed by atoms with Crippen LogP contribution >= 0.6 is 11.6 Å². The molecule has 1 aliphatic carbocycles. The molecule has 1 nitrogen and oxygen atoms in total. The van der Waals surface area contributed by atoms with Crippen LogP contribution in [0.2, 0.25) is 5.15 Å². The van der Waals surface area contributed by atoms with Crippen LogP contribution in [0.15, 0.2) is 12.3 Å². The summed E-state index contributed by atoms with van der Waals surface area (Å²) in [7, 11) is 0. The number of rotatable bonds is 0. The third-order valence-corrected chi connectivity index (χ3v) is 3.71. The molecule has 0 radical (unpaired) electrons. The van der Waals surface area contributed by atoms with Crippen molar-refractivity contribution in [3.8, 4) is 0 Å². The Hall–Kier alpha value is -0.560. The summed E-state index contributed by atoms with van der Waals surface area (Å²) in [5, 5.41) is 0.628. The SMILES string of the molecule is CC(C)(C)C1CCc2cc(Cl)ncc2C1. The molecule has 1 unspecified atom stereocenters. The molecule has 0 fully saturated rings. The van der Waals surface area contributed by atoms with Gasteiger partial charge in [-0.05, 0) is 47.8 Å². The average molecular weight is 224 g/mol. The van der Waals surface area contributed by atoms with Gasteiger partial charge in [0, 0.05) is 6.20 Å². The van der Waals surface area contributed by atoms with Crippen LogP contribution in [0, 0.1) is 11.3 Å².